The van der Waals surface area contributed by atoms with Crippen molar-refractivity contribution in [2.75, 3.05) is 23.7 Å². The highest BCUT2D eigenvalue weighted by Crippen LogP contribution is 2.31. The fraction of sp³-hybridized carbons (Fsp3) is 0.130. The van der Waals surface area contributed by atoms with E-state index in [9.17, 15) is 0 Å². The molecule has 0 atom stereocenters. The molecule has 4 rings (SSSR count). The molecule has 2 N–H and O–H groups in total. The number of rotatable bonds is 7. The molecule has 2 aromatic carbocycles. The van der Waals surface area contributed by atoms with Crippen LogP contribution in [-0.4, -0.2) is 28.0 Å². The van der Waals surface area contributed by atoms with Crippen molar-refractivity contribution in [3.8, 4) is 17.5 Å². The van der Waals surface area contributed by atoms with Gasteiger partial charge in [0, 0.05) is 35.3 Å². The Hall–Kier alpha value is -3.40. The number of nitriles is 1. The molecule has 0 aliphatic carbocycles. The van der Waals surface area contributed by atoms with Crippen molar-refractivity contribution < 1.29 is 0 Å². The molecule has 6 nitrogen and oxygen atoms in total. The average Bonchev–Trinajstić information content (AvgIpc) is 2.78. The Morgan fingerprint density at radius 2 is 1.77 bits per heavy atom. The fourth-order valence-electron chi connectivity index (χ4n) is 3.10. The molecule has 154 valence electrons. The summed E-state index contributed by atoms with van der Waals surface area (Å²) in [5, 5.41) is 17.4. The lowest BCUT2D eigenvalue weighted by Gasteiger charge is -2.12. The standard InChI is InChI=1S/C23H18Cl2N6/c24-16-6-7-17(19(25)13-16)23-30-20-4-2-1-3-18(20)22(31-23)28-12-11-27-21-8-5-15(9-10-26)14-29-21/h1-8,13-14H,9,11-12H2,(H,27,29)(H,28,30,31). The van der Waals surface area contributed by atoms with E-state index in [2.05, 4.69) is 26.7 Å². The number of benzene rings is 2. The SMILES string of the molecule is N#CCc1ccc(NCCNc2nc(-c3ccc(Cl)cc3Cl)nc3ccccc23)nc1. The summed E-state index contributed by atoms with van der Waals surface area (Å²) in [5.41, 5.74) is 2.44. The van der Waals surface area contributed by atoms with Gasteiger partial charge in [0.25, 0.3) is 0 Å². The normalized spacial score (nSPS) is 10.6. The Morgan fingerprint density at radius 3 is 2.55 bits per heavy atom. The summed E-state index contributed by atoms with van der Waals surface area (Å²) in [7, 11) is 0. The summed E-state index contributed by atoms with van der Waals surface area (Å²) < 4.78 is 0. The number of hydrogen-bond acceptors (Lipinski definition) is 6. The van der Waals surface area contributed by atoms with Crippen molar-refractivity contribution in [1.29, 1.82) is 5.26 Å². The maximum atomic E-state index is 8.74. The second-order valence-corrected chi connectivity index (χ2v) is 7.62. The van der Waals surface area contributed by atoms with Crippen LogP contribution < -0.4 is 10.6 Å². The molecule has 31 heavy (non-hydrogen) atoms. The second-order valence-electron chi connectivity index (χ2n) is 6.78. The van der Waals surface area contributed by atoms with E-state index in [1.165, 1.54) is 0 Å². The van der Waals surface area contributed by atoms with Gasteiger partial charge in [-0.2, -0.15) is 5.26 Å². The van der Waals surface area contributed by atoms with E-state index in [1.54, 1.807) is 18.3 Å². The van der Waals surface area contributed by atoms with E-state index in [0.29, 0.717) is 35.4 Å². The number of anilines is 2. The molecule has 0 spiro atoms. The third-order valence-electron chi connectivity index (χ3n) is 4.61. The summed E-state index contributed by atoms with van der Waals surface area (Å²) in [6.07, 6.45) is 2.06. The summed E-state index contributed by atoms with van der Waals surface area (Å²) in [5.74, 6) is 2.01. The van der Waals surface area contributed by atoms with Gasteiger partial charge in [0.15, 0.2) is 5.82 Å². The molecule has 0 radical (unpaired) electrons. The maximum absolute atomic E-state index is 8.74. The van der Waals surface area contributed by atoms with Crippen LogP contribution in [-0.2, 0) is 6.42 Å². The maximum Gasteiger partial charge on any atom is 0.163 e. The molecule has 8 heteroatoms. The first-order chi connectivity index (χ1) is 15.1. The van der Waals surface area contributed by atoms with Crippen LogP contribution in [0.25, 0.3) is 22.3 Å². The molecular weight excluding hydrogens is 431 g/mol. The van der Waals surface area contributed by atoms with Crippen molar-refractivity contribution in [2.24, 2.45) is 0 Å². The molecule has 0 aliphatic heterocycles. The summed E-state index contributed by atoms with van der Waals surface area (Å²) in [6.45, 7) is 1.26. The number of aromatic nitrogens is 3. The monoisotopic (exact) mass is 448 g/mol. The van der Waals surface area contributed by atoms with E-state index >= 15 is 0 Å². The van der Waals surface area contributed by atoms with Crippen molar-refractivity contribution in [1.82, 2.24) is 15.0 Å². The molecule has 0 aliphatic rings. The first-order valence-electron chi connectivity index (χ1n) is 9.66. The summed E-state index contributed by atoms with van der Waals surface area (Å²) in [6, 6.07) is 19.0. The van der Waals surface area contributed by atoms with Gasteiger partial charge in [0.05, 0.1) is 23.0 Å². The minimum atomic E-state index is 0.357. The van der Waals surface area contributed by atoms with Gasteiger partial charge >= 0.3 is 0 Å². The predicted octanol–water partition coefficient (Wildman–Crippen LogP) is 5.59. The molecule has 0 saturated heterocycles. The first kappa shape index (κ1) is 20.9. The Morgan fingerprint density at radius 1 is 0.935 bits per heavy atom. The second kappa shape index (κ2) is 9.61. The van der Waals surface area contributed by atoms with Crippen LogP contribution in [0, 0.1) is 11.3 Å². The molecule has 4 aromatic rings. The predicted molar refractivity (Wildman–Crippen MR) is 126 cm³/mol. The third kappa shape index (κ3) is 5.02. The van der Waals surface area contributed by atoms with Crippen LogP contribution in [0.2, 0.25) is 10.0 Å². The third-order valence-corrected chi connectivity index (χ3v) is 5.15. The van der Waals surface area contributed by atoms with Crippen LogP contribution in [0.15, 0.2) is 60.8 Å². The summed E-state index contributed by atoms with van der Waals surface area (Å²) >= 11 is 12.4. The summed E-state index contributed by atoms with van der Waals surface area (Å²) in [4.78, 5) is 13.7. The minimum absolute atomic E-state index is 0.357. The van der Waals surface area contributed by atoms with Gasteiger partial charge in [-0.05, 0) is 42.0 Å². The van der Waals surface area contributed by atoms with Gasteiger partial charge in [-0.3, -0.25) is 0 Å². The molecule has 0 amide bonds. The highest BCUT2D eigenvalue weighted by molar-refractivity contribution is 6.36. The van der Waals surface area contributed by atoms with E-state index in [0.717, 1.165) is 33.7 Å². The topological polar surface area (TPSA) is 86.5 Å². The Kier molecular flexibility index (Phi) is 6.46. The van der Waals surface area contributed by atoms with Gasteiger partial charge in [0.1, 0.15) is 11.6 Å². The lowest BCUT2D eigenvalue weighted by Crippen LogP contribution is -2.15. The molecule has 0 saturated carbocycles. The molecular formula is C23H18Cl2N6. The highest BCUT2D eigenvalue weighted by atomic mass is 35.5. The number of pyridine rings is 1. The van der Waals surface area contributed by atoms with Crippen LogP contribution in [0.5, 0.6) is 0 Å². The van der Waals surface area contributed by atoms with Gasteiger partial charge in [-0.15, -0.1) is 0 Å². The van der Waals surface area contributed by atoms with Gasteiger partial charge in [-0.25, -0.2) is 15.0 Å². The number of fused-ring (bicyclic) bond motifs is 1. The van der Waals surface area contributed by atoms with E-state index < -0.39 is 0 Å². The lowest BCUT2D eigenvalue weighted by atomic mass is 10.2. The zero-order valence-electron chi connectivity index (χ0n) is 16.4. The van der Waals surface area contributed by atoms with Crippen LogP contribution >= 0.6 is 23.2 Å². The molecule has 2 heterocycles. The van der Waals surface area contributed by atoms with E-state index in [-0.39, 0.29) is 0 Å². The van der Waals surface area contributed by atoms with Crippen molar-refractivity contribution in [2.45, 2.75) is 6.42 Å². The van der Waals surface area contributed by atoms with E-state index in [1.807, 2.05) is 42.5 Å². The lowest BCUT2D eigenvalue weighted by molar-refractivity contribution is 1.04. The minimum Gasteiger partial charge on any atom is -0.368 e. The Labute approximate surface area is 189 Å². The molecule has 2 aromatic heterocycles. The number of halogens is 2. The number of hydrogen-bond donors (Lipinski definition) is 2. The van der Waals surface area contributed by atoms with Crippen molar-refractivity contribution in [3.63, 3.8) is 0 Å². The van der Waals surface area contributed by atoms with Gasteiger partial charge < -0.3 is 10.6 Å². The first-order valence-corrected chi connectivity index (χ1v) is 10.4. The smallest absolute Gasteiger partial charge is 0.163 e. The zero-order chi connectivity index (χ0) is 21.6. The van der Waals surface area contributed by atoms with Gasteiger partial charge in [-0.1, -0.05) is 41.4 Å². The fourth-order valence-corrected chi connectivity index (χ4v) is 3.59. The quantitative estimate of drug-likeness (QED) is 0.358. The van der Waals surface area contributed by atoms with Crippen LogP contribution in [0.3, 0.4) is 0 Å². The van der Waals surface area contributed by atoms with Crippen molar-refractivity contribution in [3.05, 3.63) is 76.4 Å². The highest BCUT2D eigenvalue weighted by Gasteiger charge is 2.12. The number of nitrogens with zero attached hydrogens (tertiary/aromatic N) is 4. The van der Waals surface area contributed by atoms with Gasteiger partial charge in [0.2, 0.25) is 0 Å². The number of nitrogens with one attached hydrogen (secondary N) is 2. The largest absolute Gasteiger partial charge is 0.368 e. The Balaban J connectivity index is 1.51. The molecule has 0 bridgehead atoms. The molecule has 0 fully saturated rings. The van der Waals surface area contributed by atoms with Crippen molar-refractivity contribution >= 4 is 45.7 Å². The van der Waals surface area contributed by atoms with E-state index in [4.69, 9.17) is 33.4 Å². The average molecular weight is 449 g/mol. The zero-order valence-corrected chi connectivity index (χ0v) is 18.0. The molecule has 0 unspecified atom stereocenters. The number of para-hydroxylation sites is 1. The Bertz CT molecular complexity index is 1250. The van der Waals surface area contributed by atoms with Crippen LogP contribution in [0.1, 0.15) is 5.56 Å². The van der Waals surface area contributed by atoms with Crippen LogP contribution in [0.4, 0.5) is 11.6 Å².